The predicted octanol–water partition coefficient (Wildman–Crippen LogP) is 1.56. The Kier molecular flexibility index (Phi) is 6.25. The van der Waals surface area contributed by atoms with Gasteiger partial charge >= 0.3 is 0 Å². The van der Waals surface area contributed by atoms with E-state index in [4.69, 9.17) is 4.74 Å². The topological polar surface area (TPSA) is 79.3 Å². The minimum atomic E-state index is -0.438. The summed E-state index contributed by atoms with van der Waals surface area (Å²) in [6.07, 6.45) is 6.43. The summed E-state index contributed by atoms with van der Waals surface area (Å²) in [7, 11) is 0. The van der Waals surface area contributed by atoms with Gasteiger partial charge in [0.05, 0.1) is 24.9 Å². The van der Waals surface area contributed by atoms with E-state index in [0.29, 0.717) is 26.2 Å². The van der Waals surface area contributed by atoms with Crippen molar-refractivity contribution in [3.63, 3.8) is 0 Å². The smallest absolute Gasteiger partial charge is 0.270 e. The highest BCUT2D eigenvalue weighted by Crippen LogP contribution is 2.16. The lowest BCUT2D eigenvalue weighted by atomic mass is 9.99. The Labute approximate surface area is 170 Å². The van der Waals surface area contributed by atoms with E-state index in [0.717, 1.165) is 24.6 Å². The molecule has 0 bridgehead atoms. The van der Waals surface area contributed by atoms with Gasteiger partial charge in [-0.15, -0.1) is 5.10 Å². The highest BCUT2D eigenvalue weighted by molar-refractivity contribution is 5.92. The second kappa shape index (κ2) is 9.04. The van der Waals surface area contributed by atoms with Gasteiger partial charge in [-0.2, -0.15) is 0 Å². The molecule has 0 saturated carbocycles. The van der Waals surface area contributed by atoms with Gasteiger partial charge in [0, 0.05) is 44.5 Å². The third-order valence-electron chi connectivity index (χ3n) is 5.84. The molecule has 1 N–H and O–H groups in total. The maximum atomic E-state index is 13.2. The van der Waals surface area contributed by atoms with Crippen LogP contribution in [0.2, 0.25) is 0 Å². The molecule has 4 rings (SSSR count). The Morgan fingerprint density at radius 2 is 2.17 bits per heavy atom. The molecule has 29 heavy (non-hydrogen) atoms. The molecule has 0 aliphatic carbocycles. The van der Waals surface area contributed by atoms with Crippen LogP contribution >= 0.6 is 0 Å². The Morgan fingerprint density at radius 1 is 1.34 bits per heavy atom. The first-order valence-corrected chi connectivity index (χ1v) is 10.4. The van der Waals surface area contributed by atoms with Crippen molar-refractivity contribution in [2.75, 3.05) is 39.3 Å². The van der Waals surface area contributed by atoms with E-state index >= 15 is 0 Å². The van der Waals surface area contributed by atoms with Crippen molar-refractivity contribution >= 4 is 5.91 Å². The van der Waals surface area contributed by atoms with Crippen LogP contribution < -0.4 is 0 Å². The first-order valence-electron chi connectivity index (χ1n) is 10.4. The molecule has 2 aromatic heterocycles. The van der Waals surface area contributed by atoms with Crippen LogP contribution in [0, 0.1) is 11.7 Å². The summed E-state index contributed by atoms with van der Waals surface area (Å²) in [5.74, 6) is 0.190. The van der Waals surface area contributed by atoms with Crippen molar-refractivity contribution in [3.8, 4) is 0 Å². The van der Waals surface area contributed by atoms with Crippen molar-refractivity contribution < 1.29 is 13.9 Å². The first-order chi connectivity index (χ1) is 14.1. The molecule has 158 valence electrons. The molecule has 8 nitrogen and oxygen atoms in total. The Morgan fingerprint density at radius 3 is 2.93 bits per heavy atom. The Bertz CT molecular complexity index is 814. The van der Waals surface area contributed by atoms with Gasteiger partial charge in [0.1, 0.15) is 11.5 Å². The van der Waals surface area contributed by atoms with Crippen LogP contribution in [-0.2, 0) is 17.7 Å². The van der Waals surface area contributed by atoms with Gasteiger partial charge in [-0.05, 0) is 31.8 Å². The molecule has 0 aromatic carbocycles. The second-order valence-electron chi connectivity index (χ2n) is 8.18. The van der Waals surface area contributed by atoms with E-state index in [2.05, 4.69) is 27.1 Å². The van der Waals surface area contributed by atoms with Crippen LogP contribution in [0.25, 0.3) is 0 Å². The molecule has 2 aliphatic rings. The number of rotatable bonds is 6. The number of H-pyrrole nitrogens is 1. The zero-order chi connectivity index (χ0) is 20.2. The van der Waals surface area contributed by atoms with Crippen LogP contribution in [0.4, 0.5) is 4.39 Å². The van der Waals surface area contributed by atoms with Gasteiger partial charge in [0.15, 0.2) is 0 Å². The summed E-state index contributed by atoms with van der Waals surface area (Å²) in [5.41, 5.74) is 1.24. The maximum Gasteiger partial charge on any atom is 0.270 e. The third kappa shape index (κ3) is 5.22. The van der Waals surface area contributed by atoms with Crippen molar-refractivity contribution in [2.24, 2.45) is 5.92 Å². The van der Waals surface area contributed by atoms with E-state index in [-0.39, 0.29) is 17.7 Å². The number of likely N-dealkylation sites (tertiary alicyclic amines) is 1. The van der Waals surface area contributed by atoms with Gasteiger partial charge in [-0.25, -0.2) is 9.07 Å². The van der Waals surface area contributed by atoms with Gasteiger partial charge in [-0.1, -0.05) is 12.1 Å². The summed E-state index contributed by atoms with van der Waals surface area (Å²) < 4.78 is 20.8. The number of hydrogen-bond donors (Lipinski definition) is 1. The van der Waals surface area contributed by atoms with Gasteiger partial charge in [0.2, 0.25) is 0 Å². The maximum absolute atomic E-state index is 13.2. The number of morpholine rings is 1. The normalized spacial score (nSPS) is 21.6. The number of halogens is 1. The molecule has 1 unspecified atom stereocenters. The van der Waals surface area contributed by atoms with Gasteiger partial charge in [0.25, 0.3) is 5.91 Å². The molecule has 0 radical (unpaired) electrons. The zero-order valence-electron chi connectivity index (χ0n) is 16.9. The average Bonchev–Trinajstić information content (AvgIpc) is 3.36. The van der Waals surface area contributed by atoms with Gasteiger partial charge < -0.3 is 19.5 Å². The largest absolute Gasteiger partial charge is 0.373 e. The van der Waals surface area contributed by atoms with E-state index in [1.165, 1.54) is 38.2 Å². The third-order valence-corrected chi connectivity index (χ3v) is 5.84. The summed E-state index contributed by atoms with van der Waals surface area (Å²) in [6.45, 7) is 7.60. The number of ether oxygens (including phenoxy) is 1. The molecule has 4 heterocycles. The average molecular weight is 404 g/mol. The fourth-order valence-corrected chi connectivity index (χ4v) is 3.99. The molecule has 2 aliphatic heterocycles. The number of carbonyl (C=O) groups excluding carboxylic acids is 1. The SMILES string of the molecule is CC1CCN(CCc2cn(CC3CN(C(=O)c4cc(F)c[nH]4)CCO3)nn2)CC1. The molecular weight excluding hydrogens is 375 g/mol. The van der Waals surface area contributed by atoms with Crippen LogP contribution in [0.3, 0.4) is 0 Å². The number of nitrogens with zero attached hydrogens (tertiary/aromatic N) is 5. The van der Waals surface area contributed by atoms with Crippen molar-refractivity contribution in [1.82, 2.24) is 29.8 Å². The number of aromatic amines is 1. The Hall–Kier alpha value is -2.26. The molecule has 2 saturated heterocycles. The second-order valence-corrected chi connectivity index (χ2v) is 8.18. The lowest BCUT2D eigenvalue weighted by Gasteiger charge is -2.32. The quantitative estimate of drug-likeness (QED) is 0.791. The summed E-state index contributed by atoms with van der Waals surface area (Å²) in [6, 6.07) is 1.22. The van der Waals surface area contributed by atoms with Crippen molar-refractivity contribution in [2.45, 2.75) is 38.8 Å². The molecule has 9 heteroatoms. The van der Waals surface area contributed by atoms with E-state index in [1.54, 1.807) is 9.58 Å². The first kappa shape index (κ1) is 20.0. The molecule has 2 aromatic rings. The molecule has 1 atom stereocenters. The van der Waals surface area contributed by atoms with Crippen LogP contribution in [0.15, 0.2) is 18.5 Å². The fraction of sp³-hybridized carbons (Fsp3) is 0.650. The highest BCUT2D eigenvalue weighted by Gasteiger charge is 2.26. The number of amides is 1. The number of carbonyl (C=O) groups is 1. The van der Waals surface area contributed by atoms with E-state index in [1.807, 2.05) is 6.20 Å². The van der Waals surface area contributed by atoms with Gasteiger partial charge in [-0.3, -0.25) is 4.79 Å². The summed E-state index contributed by atoms with van der Waals surface area (Å²) >= 11 is 0. The van der Waals surface area contributed by atoms with Crippen LogP contribution in [-0.4, -0.2) is 81.1 Å². The number of piperidine rings is 1. The minimum absolute atomic E-state index is 0.161. The van der Waals surface area contributed by atoms with E-state index < -0.39 is 5.82 Å². The summed E-state index contributed by atoms with van der Waals surface area (Å²) in [4.78, 5) is 19.4. The standard InChI is InChI=1S/C20H29FN6O2/c1-15-2-5-25(6-3-15)7-4-17-12-27(24-23-17)14-18-13-26(8-9-29-18)20(28)19-10-16(21)11-22-19/h10-12,15,18,22H,2-9,13-14H2,1H3. The van der Waals surface area contributed by atoms with Crippen LogP contribution in [0.5, 0.6) is 0 Å². The zero-order valence-corrected chi connectivity index (χ0v) is 16.9. The van der Waals surface area contributed by atoms with Crippen LogP contribution in [0.1, 0.15) is 35.9 Å². The molecular formula is C20H29FN6O2. The molecule has 2 fully saturated rings. The van der Waals surface area contributed by atoms with Crippen molar-refractivity contribution in [3.05, 3.63) is 35.7 Å². The van der Waals surface area contributed by atoms with Crippen molar-refractivity contribution in [1.29, 1.82) is 0 Å². The fourth-order valence-electron chi connectivity index (χ4n) is 3.99. The number of hydrogen-bond acceptors (Lipinski definition) is 5. The molecule has 0 spiro atoms. The minimum Gasteiger partial charge on any atom is -0.373 e. The lowest BCUT2D eigenvalue weighted by molar-refractivity contribution is -0.0303. The highest BCUT2D eigenvalue weighted by atomic mass is 19.1. The number of aromatic nitrogens is 4. The monoisotopic (exact) mass is 404 g/mol. The summed E-state index contributed by atoms with van der Waals surface area (Å²) in [5, 5.41) is 8.52. The predicted molar refractivity (Wildman–Crippen MR) is 105 cm³/mol. The van der Waals surface area contributed by atoms with E-state index in [9.17, 15) is 9.18 Å². The lowest BCUT2D eigenvalue weighted by Crippen LogP contribution is -2.47. The Balaban J connectivity index is 1.26. The molecule has 1 amide bonds. The number of nitrogens with one attached hydrogen (secondary N) is 1.